The van der Waals surface area contributed by atoms with Gasteiger partial charge in [0.2, 0.25) is 0 Å². The van der Waals surface area contributed by atoms with Gasteiger partial charge in [0.05, 0.1) is 12.0 Å². The van der Waals surface area contributed by atoms with Crippen molar-refractivity contribution in [1.82, 2.24) is 0 Å². The van der Waals surface area contributed by atoms with E-state index in [2.05, 4.69) is 37.3 Å². The summed E-state index contributed by atoms with van der Waals surface area (Å²) in [5.74, 6) is 0.0103. The Balaban J connectivity index is 2.66. The Morgan fingerprint density at radius 1 is 1.13 bits per heavy atom. The molecule has 1 nitrogen and oxygen atoms in total. The number of hydrogen-bond acceptors (Lipinski definition) is 1. The van der Waals surface area contributed by atoms with E-state index >= 15 is 0 Å². The summed E-state index contributed by atoms with van der Waals surface area (Å²) in [6, 6.07) is 16.8. The highest BCUT2D eigenvalue weighted by atomic mass is 14.3. The molecular formula is C14H13N. The number of fused-ring (bicyclic) bond motifs is 1. The van der Waals surface area contributed by atoms with E-state index in [1.165, 1.54) is 10.8 Å². The lowest BCUT2D eigenvalue weighted by Gasteiger charge is -2.09. The van der Waals surface area contributed by atoms with E-state index in [0.717, 1.165) is 12.0 Å². The second-order valence-electron chi connectivity index (χ2n) is 3.66. The van der Waals surface area contributed by atoms with Crippen LogP contribution < -0.4 is 0 Å². The number of nitrogens with zero attached hydrogens (tertiary/aromatic N) is 1. The van der Waals surface area contributed by atoms with Gasteiger partial charge >= 0.3 is 0 Å². The molecule has 15 heavy (non-hydrogen) atoms. The van der Waals surface area contributed by atoms with Crippen molar-refractivity contribution < 1.29 is 0 Å². The first-order valence-electron chi connectivity index (χ1n) is 5.24. The first kappa shape index (κ1) is 9.73. The normalized spacial score (nSPS) is 12.3. The predicted molar refractivity (Wildman–Crippen MR) is 62.6 cm³/mol. The molecule has 2 aromatic carbocycles. The summed E-state index contributed by atoms with van der Waals surface area (Å²) in [6.07, 6.45) is 0.866. The van der Waals surface area contributed by atoms with Gasteiger partial charge in [-0.25, -0.2) is 0 Å². The van der Waals surface area contributed by atoms with Gasteiger partial charge in [0, 0.05) is 0 Å². The van der Waals surface area contributed by atoms with Crippen LogP contribution in [0, 0.1) is 11.3 Å². The maximum Gasteiger partial charge on any atom is 0.0716 e. The summed E-state index contributed by atoms with van der Waals surface area (Å²) >= 11 is 0. The fourth-order valence-electron chi connectivity index (χ4n) is 1.94. The molecule has 0 spiro atoms. The lowest BCUT2D eigenvalue weighted by Crippen LogP contribution is -1.94. The van der Waals surface area contributed by atoms with Gasteiger partial charge in [-0.15, -0.1) is 0 Å². The fourth-order valence-corrected chi connectivity index (χ4v) is 1.94. The average Bonchev–Trinajstić information content (AvgIpc) is 2.31. The highest BCUT2D eigenvalue weighted by Crippen LogP contribution is 2.26. The van der Waals surface area contributed by atoms with Crippen LogP contribution in [0.5, 0.6) is 0 Å². The van der Waals surface area contributed by atoms with Crippen LogP contribution in [0.4, 0.5) is 0 Å². The van der Waals surface area contributed by atoms with Gasteiger partial charge in [-0.05, 0) is 22.8 Å². The molecule has 0 saturated heterocycles. The Hall–Kier alpha value is -1.81. The summed E-state index contributed by atoms with van der Waals surface area (Å²) < 4.78 is 0. The van der Waals surface area contributed by atoms with E-state index in [-0.39, 0.29) is 5.92 Å². The van der Waals surface area contributed by atoms with E-state index in [0.29, 0.717) is 0 Å². The maximum atomic E-state index is 9.09. The SMILES string of the molecule is CC[C@H](C#N)c1cccc2ccccc12. The van der Waals surface area contributed by atoms with Crippen LogP contribution in [-0.4, -0.2) is 0 Å². The molecule has 0 aromatic heterocycles. The second kappa shape index (κ2) is 4.14. The van der Waals surface area contributed by atoms with Gasteiger partial charge in [0.1, 0.15) is 0 Å². The Bertz CT molecular complexity index is 503. The largest absolute Gasteiger partial charge is 0.198 e. The molecular weight excluding hydrogens is 182 g/mol. The van der Waals surface area contributed by atoms with Crippen molar-refractivity contribution in [2.75, 3.05) is 0 Å². The number of nitriles is 1. The molecule has 0 amide bonds. The zero-order valence-corrected chi connectivity index (χ0v) is 8.77. The van der Waals surface area contributed by atoms with Crippen molar-refractivity contribution in [2.24, 2.45) is 0 Å². The van der Waals surface area contributed by atoms with Crippen LogP contribution in [0.3, 0.4) is 0 Å². The number of hydrogen-bond donors (Lipinski definition) is 0. The van der Waals surface area contributed by atoms with E-state index in [1.807, 2.05) is 18.2 Å². The van der Waals surface area contributed by atoms with Gasteiger partial charge in [-0.1, -0.05) is 49.4 Å². The minimum absolute atomic E-state index is 0.0103. The molecule has 0 aliphatic rings. The molecule has 0 heterocycles. The monoisotopic (exact) mass is 195 g/mol. The minimum atomic E-state index is 0.0103. The van der Waals surface area contributed by atoms with Gasteiger partial charge in [0.15, 0.2) is 0 Å². The van der Waals surface area contributed by atoms with Crippen molar-refractivity contribution in [3.63, 3.8) is 0 Å². The van der Waals surface area contributed by atoms with E-state index in [9.17, 15) is 0 Å². The second-order valence-corrected chi connectivity index (χ2v) is 3.66. The zero-order chi connectivity index (χ0) is 10.7. The summed E-state index contributed by atoms with van der Waals surface area (Å²) in [7, 11) is 0. The smallest absolute Gasteiger partial charge is 0.0716 e. The first-order valence-corrected chi connectivity index (χ1v) is 5.24. The quantitative estimate of drug-likeness (QED) is 0.713. The Kier molecular flexibility index (Phi) is 2.69. The highest BCUT2D eigenvalue weighted by molar-refractivity contribution is 5.86. The number of rotatable bonds is 2. The molecule has 0 aliphatic heterocycles. The average molecular weight is 195 g/mol. The lowest BCUT2D eigenvalue weighted by atomic mass is 9.93. The lowest BCUT2D eigenvalue weighted by molar-refractivity contribution is 0.825. The van der Waals surface area contributed by atoms with Crippen LogP contribution in [0.1, 0.15) is 24.8 Å². The van der Waals surface area contributed by atoms with E-state index in [1.54, 1.807) is 0 Å². The Morgan fingerprint density at radius 2 is 1.87 bits per heavy atom. The molecule has 2 rings (SSSR count). The molecule has 0 N–H and O–H groups in total. The highest BCUT2D eigenvalue weighted by Gasteiger charge is 2.10. The van der Waals surface area contributed by atoms with Gasteiger partial charge in [0.25, 0.3) is 0 Å². The van der Waals surface area contributed by atoms with Crippen LogP contribution in [0.25, 0.3) is 10.8 Å². The molecule has 1 heteroatoms. The maximum absolute atomic E-state index is 9.09. The Morgan fingerprint density at radius 3 is 2.60 bits per heavy atom. The fraction of sp³-hybridized carbons (Fsp3) is 0.214. The molecule has 74 valence electrons. The van der Waals surface area contributed by atoms with E-state index in [4.69, 9.17) is 5.26 Å². The third-order valence-corrected chi connectivity index (χ3v) is 2.76. The summed E-state index contributed by atoms with van der Waals surface area (Å²) in [5, 5.41) is 11.5. The molecule has 0 saturated carbocycles. The van der Waals surface area contributed by atoms with Gasteiger partial charge in [-0.3, -0.25) is 0 Å². The van der Waals surface area contributed by atoms with Crippen molar-refractivity contribution in [3.8, 4) is 6.07 Å². The topological polar surface area (TPSA) is 23.8 Å². The van der Waals surface area contributed by atoms with Crippen molar-refractivity contribution in [2.45, 2.75) is 19.3 Å². The minimum Gasteiger partial charge on any atom is -0.198 e. The third-order valence-electron chi connectivity index (χ3n) is 2.76. The molecule has 1 atom stereocenters. The van der Waals surface area contributed by atoms with Crippen molar-refractivity contribution >= 4 is 10.8 Å². The summed E-state index contributed by atoms with van der Waals surface area (Å²) in [4.78, 5) is 0. The van der Waals surface area contributed by atoms with Gasteiger partial charge < -0.3 is 0 Å². The third kappa shape index (κ3) is 1.71. The van der Waals surface area contributed by atoms with Crippen LogP contribution in [-0.2, 0) is 0 Å². The van der Waals surface area contributed by atoms with Crippen LogP contribution >= 0.6 is 0 Å². The molecule has 0 bridgehead atoms. The van der Waals surface area contributed by atoms with Crippen LogP contribution in [0.2, 0.25) is 0 Å². The van der Waals surface area contributed by atoms with Crippen molar-refractivity contribution in [1.29, 1.82) is 5.26 Å². The number of benzene rings is 2. The predicted octanol–water partition coefficient (Wildman–Crippen LogP) is 3.86. The summed E-state index contributed by atoms with van der Waals surface area (Å²) in [6.45, 7) is 2.05. The summed E-state index contributed by atoms with van der Waals surface area (Å²) in [5.41, 5.74) is 1.15. The molecule has 0 aliphatic carbocycles. The molecule has 0 radical (unpaired) electrons. The van der Waals surface area contributed by atoms with E-state index < -0.39 is 0 Å². The molecule has 0 fully saturated rings. The standard InChI is InChI=1S/C14H13N/c1-2-11(10-15)13-9-5-7-12-6-3-4-8-14(12)13/h3-9,11H,2H2,1H3/t11-/m1/s1. The van der Waals surface area contributed by atoms with Gasteiger partial charge in [-0.2, -0.15) is 5.26 Å². The Labute approximate surface area is 90.0 Å². The zero-order valence-electron chi connectivity index (χ0n) is 8.77. The molecule has 2 aromatic rings. The van der Waals surface area contributed by atoms with Crippen LogP contribution in [0.15, 0.2) is 42.5 Å². The molecule has 0 unspecified atom stereocenters. The van der Waals surface area contributed by atoms with Crippen molar-refractivity contribution in [3.05, 3.63) is 48.0 Å². The first-order chi connectivity index (χ1) is 7.36.